The lowest BCUT2D eigenvalue weighted by Gasteiger charge is -2.20. The zero-order valence-corrected chi connectivity index (χ0v) is 11.9. The number of likely N-dealkylation sites (N-methyl/N-ethyl adjacent to an activating group) is 1. The van der Waals surface area contributed by atoms with E-state index in [9.17, 15) is 23.1 Å². The Morgan fingerprint density at radius 2 is 1.90 bits per heavy atom. The monoisotopic (exact) mass is 305 g/mol. The van der Waals surface area contributed by atoms with Gasteiger partial charge in [0.05, 0.1) is 5.56 Å². The van der Waals surface area contributed by atoms with E-state index in [2.05, 4.69) is 0 Å². The van der Waals surface area contributed by atoms with Gasteiger partial charge < -0.3 is 14.7 Å². The highest BCUT2D eigenvalue weighted by Gasteiger charge is 2.30. The molecule has 1 aromatic rings. The van der Waals surface area contributed by atoms with Gasteiger partial charge in [-0.25, -0.2) is 0 Å². The van der Waals surface area contributed by atoms with Crippen LogP contribution in [-0.2, 0) is 11.0 Å². The molecule has 1 atom stereocenters. The zero-order valence-electron chi connectivity index (χ0n) is 11.9. The fourth-order valence-electron chi connectivity index (χ4n) is 1.67. The molecule has 0 aliphatic heterocycles. The second-order valence-corrected chi connectivity index (χ2v) is 4.61. The number of hydrogen-bond donors (Lipinski definition) is 1. The number of carbonyl (C=O) groups excluding carboxylic acids is 1. The first-order chi connectivity index (χ1) is 9.74. The molecule has 0 aromatic heterocycles. The summed E-state index contributed by atoms with van der Waals surface area (Å²) < 4.78 is 42.3. The van der Waals surface area contributed by atoms with Gasteiger partial charge in [0, 0.05) is 20.0 Å². The van der Waals surface area contributed by atoms with Crippen LogP contribution in [0.4, 0.5) is 13.2 Å². The van der Waals surface area contributed by atoms with Crippen molar-refractivity contribution in [3.63, 3.8) is 0 Å². The maximum Gasteiger partial charge on any atom is 0.416 e. The summed E-state index contributed by atoms with van der Waals surface area (Å²) in [6.07, 6.45) is -4.96. The average molecular weight is 305 g/mol. The van der Waals surface area contributed by atoms with E-state index < -0.39 is 17.8 Å². The lowest BCUT2D eigenvalue weighted by atomic mass is 10.2. The molecule has 7 heteroatoms. The van der Waals surface area contributed by atoms with Gasteiger partial charge in [-0.3, -0.25) is 4.79 Å². The highest BCUT2D eigenvalue weighted by Crippen LogP contribution is 2.30. The maximum absolute atomic E-state index is 12.4. The lowest BCUT2D eigenvalue weighted by Crippen LogP contribution is -2.36. The minimum atomic E-state index is -4.39. The molecule has 0 aliphatic carbocycles. The van der Waals surface area contributed by atoms with E-state index in [1.54, 1.807) is 14.0 Å². The third-order valence-corrected chi connectivity index (χ3v) is 2.84. The topological polar surface area (TPSA) is 49.8 Å². The van der Waals surface area contributed by atoms with E-state index in [0.29, 0.717) is 6.42 Å². The van der Waals surface area contributed by atoms with Gasteiger partial charge in [-0.15, -0.1) is 0 Å². The molecule has 0 saturated carbocycles. The zero-order chi connectivity index (χ0) is 16.0. The molecule has 0 radical (unpaired) electrons. The summed E-state index contributed by atoms with van der Waals surface area (Å²) in [5.74, 6) is 0.120. The van der Waals surface area contributed by atoms with Crippen LogP contribution in [-0.4, -0.2) is 42.2 Å². The molecule has 21 heavy (non-hydrogen) atoms. The van der Waals surface area contributed by atoms with Crippen molar-refractivity contribution >= 4 is 5.91 Å². The van der Waals surface area contributed by atoms with E-state index in [-0.39, 0.29) is 24.8 Å². The Balaban J connectivity index is 2.46. The minimum Gasteiger partial charge on any atom is -0.491 e. The van der Waals surface area contributed by atoms with Crippen molar-refractivity contribution in [3.05, 3.63) is 29.8 Å². The molecule has 1 rings (SSSR count). The SMILES string of the molecule is CCC(=O)N(C)CC(O)COc1ccc(C(F)(F)F)cc1. The molecular weight excluding hydrogens is 287 g/mol. The number of hydrogen-bond acceptors (Lipinski definition) is 3. The molecular formula is C14H18F3NO3. The predicted octanol–water partition coefficient (Wildman–Crippen LogP) is 2.31. The maximum atomic E-state index is 12.4. The van der Waals surface area contributed by atoms with Gasteiger partial charge in [0.2, 0.25) is 5.91 Å². The molecule has 1 amide bonds. The van der Waals surface area contributed by atoms with Gasteiger partial charge in [0.15, 0.2) is 0 Å². The van der Waals surface area contributed by atoms with Gasteiger partial charge in [0.1, 0.15) is 18.5 Å². The molecule has 0 bridgehead atoms. The first-order valence-corrected chi connectivity index (χ1v) is 6.46. The van der Waals surface area contributed by atoms with Crippen molar-refractivity contribution < 1.29 is 27.8 Å². The smallest absolute Gasteiger partial charge is 0.416 e. The minimum absolute atomic E-state index is 0.104. The Bertz CT molecular complexity index is 460. The highest BCUT2D eigenvalue weighted by molar-refractivity contribution is 5.75. The molecule has 0 fully saturated rings. The summed E-state index contributed by atoms with van der Waals surface area (Å²) in [7, 11) is 1.56. The summed E-state index contributed by atoms with van der Waals surface area (Å²) in [5, 5.41) is 9.71. The Labute approximate surface area is 121 Å². The van der Waals surface area contributed by atoms with Crippen molar-refractivity contribution in [2.75, 3.05) is 20.2 Å². The van der Waals surface area contributed by atoms with E-state index >= 15 is 0 Å². The van der Waals surface area contributed by atoms with Crippen molar-refractivity contribution in [1.29, 1.82) is 0 Å². The van der Waals surface area contributed by atoms with Crippen LogP contribution in [0.2, 0.25) is 0 Å². The standard InChI is InChI=1S/C14H18F3NO3/c1-3-13(20)18(2)8-11(19)9-21-12-6-4-10(5-7-12)14(15,16)17/h4-7,11,19H,3,8-9H2,1-2H3. The number of nitrogens with zero attached hydrogens (tertiary/aromatic N) is 1. The van der Waals surface area contributed by atoms with Crippen LogP contribution in [0.1, 0.15) is 18.9 Å². The molecule has 0 heterocycles. The Morgan fingerprint density at radius 1 is 1.33 bits per heavy atom. The molecule has 0 aliphatic rings. The van der Waals surface area contributed by atoms with Crippen LogP contribution in [0.5, 0.6) is 5.75 Å². The molecule has 1 unspecified atom stereocenters. The van der Waals surface area contributed by atoms with E-state index in [0.717, 1.165) is 12.1 Å². The predicted molar refractivity (Wildman–Crippen MR) is 70.9 cm³/mol. The Morgan fingerprint density at radius 3 is 2.38 bits per heavy atom. The van der Waals surface area contributed by atoms with Crippen molar-refractivity contribution in [2.45, 2.75) is 25.6 Å². The Hall–Kier alpha value is -1.76. The van der Waals surface area contributed by atoms with E-state index in [1.165, 1.54) is 17.0 Å². The van der Waals surface area contributed by atoms with Gasteiger partial charge in [-0.2, -0.15) is 13.2 Å². The number of alkyl halides is 3. The van der Waals surface area contributed by atoms with E-state index in [1.807, 2.05) is 0 Å². The summed E-state index contributed by atoms with van der Waals surface area (Å²) in [6, 6.07) is 4.20. The van der Waals surface area contributed by atoms with Crippen LogP contribution < -0.4 is 4.74 Å². The number of carbonyl (C=O) groups is 1. The number of halogens is 3. The number of aliphatic hydroxyl groups excluding tert-OH is 1. The lowest BCUT2D eigenvalue weighted by molar-refractivity contribution is -0.137. The third kappa shape index (κ3) is 5.63. The summed E-state index contributed by atoms with van der Waals surface area (Å²) in [6.45, 7) is 1.71. The molecule has 0 spiro atoms. The molecule has 4 nitrogen and oxygen atoms in total. The highest BCUT2D eigenvalue weighted by atomic mass is 19.4. The molecule has 1 aromatic carbocycles. The average Bonchev–Trinajstić information content (AvgIpc) is 2.43. The van der Waals surface area contributed by atoms with Crippen molar-refractivity contribution in [2.24, 2.45) is 0 Å². The largest absolute Gasteiger partial charge is 0.491 e. The Kier molecular flexibility index (Phi) is 6.02. The molecule has 0 saturated heterocycles. The van der Waals surface area contributed by atoms with Crippen molar-refractivity contribution in [3.8, 4) is 5.75 Å². The fraction of sp³-hybridized carbons (Fsp3) is 0.500. The number of ether oxygens (including phenoxy) is 1. The van der Waals surface area contributed by atoms with Crippen LogP contribution in [0.3, 0.4) is 0 Å². The van der Waals surface area contributed by atoms with E-state index in [4.69, 9.17) is 4.74 Å². The number of amides is 1. The summed E-state index contributed by atoms with van der Waals surface area (Å²) >= 11 is 0. The van der Waals surface area contributed by atoms with Gasteiger partial charge in [-0.1, -0.05) is 6.92 Å². The second kappa shape index (κ2) is 7.31. The molecule has 1 N–H and O–H groups in total. The van der Waals surface area contributed by atoms with Crippen LogP contribution in [0.25, 0.3) is 0 Å². The van der Waals surface area contributed by atoms with Crippen LogP contribution in [0.15, 0.2) is 24.3 Å². The first-order valence-electron chi connectivity index (χ1n) is 6.46. The number of aliphatic hydroxyl groups is 1. The molecule has 118 valence electrons. The second-order valence-electron chi connectivity index (χ2n) is 4.61. The third-order valence-electron chi connectivity index (χ3n) is 2.84. The summed E-state index contributed by atoms with van der Waals surface area (Å²) in [4.78, 5) is 12.7. The quantitative estimate of drug-likeness (QED) is 0.877. The first kappa shape index (κ1) is 17.3. The number of rotatable bonds is 6. The normalized spacial score (nSPS) is 12.9. The van der Waals surface area contributed by atoms with Gasteiger partial charge >= 0.3 is 6.18 Å². The fourth-order valence-corrected chi connectivity index (χ4v) is 1.67. The van der Waals surface area contributed by atoms with Gasteiger partial charge in [-0.05, 0) is 24.3 Å². The van der Waals surface area contributed by atoms with Crippen LogP contribution >= 0.6 is 0 Å². The summed E-state index contributed by atoms with van der Waals surface area (Å²) in [5.41, 5.74) is -0.760. The van der Waals surface area contributed by atoms with Crippen molar-refractivity contribution in [1.82, 2.24) is 4.90 Å². The number of benzene rings is 1. The van der Waals surface area contributed by atoms with Crippen LogP contribution in [0, 0.1) is 0 Å². The van der Waals surface area contributed by atoms with Gasteiger partial charge in [0.25, 0.3) is 0 Å².